The highest BCUT2D eigenvalue weighted by molar-refractivity contribution is 5.20. The minimum Gasteiger partial charge on any atom is -0.394 e. The molecule has 1 fully saturated rings. The summed E-state index contributed by atoms with van der Waals surface area (Å²) in [4.78, 5) is 0. The van der Waals surface area contributed by atoms with Crippen LogP contribution in [0.4, 0.5) is 0 Å². The van der Waals surface area contributed by atoms with Gasteiger partial charge in [0.25, 0.3) is 0 Å². The van der Waals surface area contributed by atoms with Crippen LogP contribution in [0, 0.1) is 0 Å². The number of benzene rings is 1. The van der Waals surface area contributed by atoms with Crippen molar-refractivity contribution >= 4 is 0 Å². The fraction of sp³-hybridized carbons (Fsp3) is 0.500. The highest BCUT2D eigenvalue weighted by Crippen LogP contribution is 2.31. The van der Waals surface area contributed by atoms with Crippen LogP contribution >= 0.6 is 0 Å². The second-order valence-electron chi connectivity index (χ2n) is 4.16. The lowest BCUT2D eigenvalue weighted by molar-refractivity contribution is -0.231. The molecule has 2 rings (SSSR count). The average molecular weight is 240 g/mol. The van der Waals surface area contributed by atoms with E-state index in [-0.39, 0.29) is 0 Å². The van der Waals surface area contributed by atoms with Crippen molar-refractivity contribution in [3.8, 4) is 0 Å². The monoisotopic (exact) mass is 240 g/mol. The highest BCUT2D eigenvalue weighted by atomic mass is 16.5. The summed E-state index contributed by atoms with van der Waals surface area (Å²) in [6.07, 6.45) is -5.46. The predicted molar refractivity (Wildman–Crippen MR) is 59.2 cm³/mol. The average Bonchev–Trinajstić information content (AvgIpc) is 2.37. The second-order valence-corrected chi connectivity index (χ2v) is 4.16. The maximum atomic E-state index is 9.86. The zero-order valence-electron chi connectivity index (χ0n) is 9.18. The molecule has 1 aromatic rings. The molecule has 4 N–H and O–H groups in total. The van der Waals surface area contributed by atoms with Crippen molar-refractivity contribution in [2.75, 3.05) is 6.61 Å². The molecule has 5 heteroatoms. The molecule has 0 radical (unpaired) electrons. The lowest BCUT2D eigenvalue weighted by Crippen LogP contribution is -2.55. The lowest BCUT2D eigenvalue weighted by atomic mass is 9.91. The molecule has 1 heterocycles. The normalized spacial score (nSPS) is 38.0. The summed E-state index contributed by atoms with van der Waals surface area (Å²) in [6.45, 7) is -0.408. The van der Waals surface area contributed by atoms with E-state index in [0.29, 0.717) is 5.56 Å². The summed E-state index contributed by atoms with van der Waals surface area (Å²) < 4.78 is 5.41. The summed E-state index contributed by atoms with van der Waals surface area (Å²) in [5.41, 5.74) is 0.699. The van der Waals surface area contributed by atoms with Crippen molar-refractivity contribution in [3.63, 3.8) is 0 Å². The Morgan fingerprint density at radius 2 is 1.59 bits per heavy atom. The van der Waals surface area contributed by atoms with E-state index in [1.54, 1.807) is 24.3 Å². The minimum absolute atomic E-state index is 0.408. The van der Waals surface area contributed by atoms with Gasteiger partial charge in [-0.1, -0.05) is 30.3 Å². The van der Waals surface area contributed by atoms with Crippen molar-refractivity contribution in [2.24, 2.45) is 0 Å². The molecule has 1 unspecified atom stereocenters. The molecule has 1 aliphatic heterocycles. The fourth-order valence-corrected chi connectivity index (χ4v) is 2.02. The number of hydrogen-bond donors (Lipinski definition) is 4. The molecule has 0 bridgehead atoms. The summed E-state index contributed by atoms with van der Waals surface area (Å²) in [5, 5.41) is 38.2. The van der Waals surface area contributed by atoms with Crippen molar-refractivity contribution in [1.29, 1.82) is 0 Å². The van der Waals surface area contributed by atoms with E-state index >= 15 is 0 Å². The van der Waals surface area contributed by atoms with E-state index < -0.39 is 37.1 Å². The Morgan fingerprint density at radius 3 is 2.18 bits per heavy atom. The van der Waals surface area contributed by atoms with Crippen LogP contribution in [-0.4, -0.2) is 51.4 Å². The van der Waals surface area contributed by atoms with E-state index in [1.165, 1.54) is 0 Å². The molecule has 0 spiro atoms. The Bertz CT molecular complexity index is 353. The van der Waals surface area contributed by atoms with E-state index in [4.69, 9.17) is 9.84 Å². The molecule has 1 aromatic carbocycles. The van der Waals surface area contributed by atoms with E-state index in [2.05, 4.69) is 0 Å². The minimum atomic E-state index is -1.33. The number of aliphatic hydroxyl groups is 4. The maximum absolute atomic E-state index is 9.86. The Kier molecular flexibility index (Phi) is 3.76. The number of aliphatic hydroxyl groups excluding tert-OH is 4. The topological polar surface area (TPSA) is 90.2 Å². The van der Waals surface area contributed by atoms with Crippen LogP contribution in [0.25, 0.3) is 0 Å². The van der Waals surface area contributed by atoms with Crippen LogP contribution in [0.5, 0.6) is 0 Å². The molecule has 0 aromatic heterocycles. The van der Waals surface area contributed by atoms with E-state index in [9.17, 15) is 15.3 Å². The smallest absolute Gasteiger partial charge is 0.113 e. The van der Waals surface area contributed by atoms with Gasteiger partial charge in [-0.15, -0.1) is 0 Å². The van der Waals surface area contributed by atoms with Crippen molar-refractivity contribution in [2.45, 2.75) is 30.5 Å². The SMILES string of the molecule is OC[C@H]1OC(c2ccccc2)[C@@H](O)[C@H](O)[C@H]1O. The molecular weight excluding hydrogens is 224 g/mol. The molecule has 0 amide bonds. The van der Waals surface area contributed by atoms with Crippen LogP contribution in [0.3, 0.4) is 0 Å². The van der Waals surface area contributed by atoms with Gasteiger partial charge in [-0.2, -0.15) is 0 Å². The molecular formula is C12H16O5. The zero-order valence-corrected chi connectivity index (χ0v) is 9.18. The van der Waals surface area contributed by atoms with E-state index in [1.807, 2.05) is 6.07 Å². The third-order valence-electron chi connectivity index (χ3n) is 3.02. The maximum Gasteiger partial charge on any atom is 0.113 e. The number of rotatable bonds is 2. The third-order valence-corrected chi connectivity index (χ3v) is 3.02. The van der Waals surface area contributed by atoms with Gasteiger partial charge in [0.2, 0.25) is 0 Å². The third kappa shape index (κ3) is 2.34. The lowest BCUT2D eigenvalue weighted by Gasteiger charge is -2.40. The fourth-order valence-electron chi connectivity index (χ4n) is 2.02. The second kappa shape index (κ2) is 5.12. The Hall–Kier alpha value is -0.980. The van der Waals surface area contributed by atoms with Gasteiger partial charge in [0.1, 0.15) is 30.5 Å². The summed E-state index contributed by atoms with van der Waals surface area (Å²) in [7, 11) is 0. The first-order valence-corrected chi connectivity index (χ1v) is 5.50. The standard InChI is InChI=1S/C12H16O5/c13-6-8-9(14)10(15)11(16)12(17-8)7-4-2-1-3-5-7/h1-5,8-16H,6H2/t8-,9+,10-,11+,12?/m1/s1. The van der Waals surface area contributed by atoms with Crippen molar-refractivity contribution in [3.05, 3.63) is 35.9 Å². The predicted octanol–water partition coefficient (Wildman–Crippen LogP) is -0.799. The zero-order chi connectivity index (χ0) is 12.4. The number of hydrogen-bond acceptors (Lipinski definition) is 5. The largest absolute Gasteiger partial charge is 0.394 e. The Labute approximate surface area is 98.9 Å². The molecule has 0 aliphatic carbocycles. The van der Waals surface area contributed by atoms with Gasteiger partial charge in [-0.05, 0) is 5.56 Å². The van der Waals surface area contributed by atoms with Crippen LogP contribution in [0.1, 0.15) is 11.7 Å². The Balaban J connectivity index is 2.23. The van der Waals surface area contributed by atoms with Crippen LogP contribution in [0.15, 0.2) is 30.3 Å². The summed E-state index contributed by atoms with van der Waals surface area (Å²) in [5.74, 6) is 0. The van der Waals surface area contributed by atoms with Crippen LogP contribution in [-0.2, 0) is 4.74 Å². The van der Waals surface area contributed by atoms with E-state index in [0.717, 1.165) is 0 Å². The van der Waals surface area contributed by atoms with Crippen LogP contribution < -0.4 is 0 Å². The summed E-state index contributed by atoms with van der Waals surface area (Å²) >= 11 is 0. The summed E-state index contributed by atoms with van der Waals surface area (Å²) in [6, 6.07) is 8.92. The molecule has 1 saturated heterocycles. The first-order valence-electron chi connectivity index (χ1n) is 5.50. The molecule has 17 heavy (non-hydrogen) atoms. The highest BCUT2D eigenvalue weighted by Gasteiger charge is 2.43. The molecule has 5 nitrogen and oxygen atoms in total. The molecule has 0 saturated carbocycles. The quantitative estimate of drug-likeness (QED) is 0.543. The first kappa shape index (κ1) is 12.5. The van der Waals surface area contributed by atoms with Gasteiger partial charge in [0, 0.05) is 0 Å². The van der Waals surface area contributed by atoms with Gasteiger partial charge in [-0.3, -0.25) is 0 Å². The van der Waals surface area contributed by atoms with Gasteiger partial charge >= 0.3 is 0 Å². The molecule has 94 valence electrons. The van der Waals surface area contributed by atoms with Gasteiger partial charge in [0.05, 0.1) is 6.61 Å². The van der Waals surface area contributed by atoms with Crippen LogP contribution in [0.2, 0.25) is 0 Å². The Morgan fingerprint density at radius 1 is 0.941 bits per heavy atom. The van der Waals surface area contributed by atoms with Gasteiger partial charge < -0.3 is 25.2 Å². The van der Waals surface area contributed by atoms with Gasteiger partial charge in [-0.25, -0.2) is 0 Å². The van der Waals surface area contributed by atoms with Gasteiger partial charge in [0.15, 0.2) is 0 Å². The first-order chi connectivity index (χ1) is 8.15. The van der Waals surface area contributed by atoms with Crippen molar-refractivity contribution in [1.82, 2.24) is 0 Å². The van der Waals surface area contributed by atoms with Crippen molar-refractivity contribution < 1.29 is 25.2 Å². The molecule has 1 aliphatic rings. The number of ether oxygens (including phenoxy) is 1. The molecule has 5 atom stereocenters.